The Hall–Kier alpha value is -2.34. The second kappa shape index (κ2) is 7.27. The van der Waals surface area contributed by atoms with E-state index in [1.165, 1.54) is 4.57 Å². The van der Waals surface area contributed by atoms with Gasteiger partial charge in [-0.1, -0.05) is 44.2 Å². The fraction of sp³-hybridized carbons (Fsp3) is 0.389. The molecule has 0 saturated heterocycles. The summed E-state index contributed by atoms with van der Waals surface area (Å²) in [6.07, 6.45) is 0.895. The number of fused-ring (bicyclic) bond motifs is 1. The van der Waals surface area contributed by atoms with Crippen molar-refractivity contribution in [1.82, 2.24) is 19.1 Å². The number of aromatic nitrogens is 4. The van der Waals surface area contributed by atoms with Crippen molar-refractivity contribution in [2.24, 2.45) is 5.92 Å². The van der Waals surface area contributed by atoms with Gasteiger partial charge in [0.2, 0.25) is 0 Å². The minimum absolute atomic E-state index is 0.186. The smallest absolute Gasteiger partial charge is 0.321 e. The molecule has 25 heavy (non-hydrogen) atoms. The van der Waals surface area contributed by atoms with Crippen LogP contribution in [0.25, 0.3) is 11.2 Å². The van der Waals surface area contributed by atoms with E-state index in [0.717, 1.165) is 12.0 Å². The zero-order valence-electron chi connectivity index (χ0n) is 14.3. The lowest BCUT2D eigenvalue weighted by Crippen LogP contribution is -2.31. The molecule has 1 N–H and O–H groups in total. The number of nitrogens with one attached hydrogen (secondary N) is 1. The van der Waals surface area contributed by atoms with E-state index in [4.69, 9.17) is 11.6 Å². The average Bonchev–Trinajstić information content (AvgIpc) is 2.96. The maximum atomic E-state index is 12.4. The van der Waals surface area contributed by atoms with Gasteiger partial charge in [0, 0.05) is 6.54 Å². The number of hydrogen-bond acceptors (Lipinski definition) is 3. The highest BCUT2D eigenvalue weighted by molar-refractivity contribution is 6.16. The molecular weight excluding hydrogens is 340 g/mol. The number of nitrogens with zero attached hydrogens (tertiary/aromatic N) is 3. The molecule has 0 aliphatic rings. The summed E-state index contributed by atoms with van der Waals surface area (Å²) in [6, 6.07) is 9.60. The minimum Gasteiger partial charge on any atom is -0.321 e. The second-order valence-electron chi connectivity index (χ2n) is 6.50. The standard InChI is InChI=1S/C18H21ClN4O2/c1-12(2)8-9-22-14(10-19)20-16-15(22)17(24)21-18(25)23(16)11-13-6-4-3-5-7-13/h3-7,12H,8-11H2,1-2H3,(H,21,24,25). The van der Waals surface area contributed by atoms with E-state index in [9.17, 15) is 9.59 Å². The predicted molar refractivity (Wildman–Crippen MR) is 99.2 cm³/mol. The minimum atomic E-state index is -0.462. The first kappa shape index (κ1) is 17.5. The fourth-order valence-corrected chi connectivity index (χ4v) is 3.06. The second-order valence-corrected chi connectivity index (χ2v) is 6.77. The normalized spacial score (nSPS) is 11.5. The summed E-state index contributed by atoms with van der Waals surface area (Å²) in [7, 11) is 0. The Morgan fingerprint density at radius 3 is 2.52 bits per heavy atom. The van der Waals surface area contributed by atoms with Crippen molar-refractivity contribution >= 4 is 22.8 Å². The van der Waals surface area contributed by atoms with Crippen LogP contribution in [-0.2, 0) is 19.0 Å². The number of H-pyrrole nitrogens is 1. The first-order valence-electron chi connectivity index (χ1n) is 8.33. The summed E-state index contributed by atoms with van der Waals surface area (Å²) in [4.78, 5) is 31.7. The molecule has 0 saturated carbocycles. The highest BCUT2D eigenvalue weighted by Gasteiger charge is 2.18. The van der Waals surface area contributed by atoms with Crippen LogP contribution in [0.4, 0.5) is 0 Å². The maximum absolute atomic E-state index is 12.4. The number of imidazole rings is 1. The van der Waals surface area contributed by atoms with E-state index in [1.54, 1.807) is 0 Å². The third-order valence-corrected chi connectivity index (χ3v) is 4.44. The van der Waals surface area contributed by atoms with Gasteiger partial charge >= 0.3 is 5.69 Å². The summed E-state index contributed by atoms with van der Waals surface area (Å²) in [6.45, 7) is 5.23. The molecule has 2 heterocycles. The summed E-state index contributed by atoms with van der Waals surface area (Å²) in [5, 5.41) is 0. The van der Waals surface area contributed by atoms with Crippen molar-refractivity contribution in [3.63, 3.8) is 0 Å². The van der Waals surface area contributed by atoms with Gasteiger partial charge in [-0.2, -0.15) is 0 Å². The summed E-state index contributed by atoms with van der Waals surface area (Å²) in [5.74, 6) is 1.27. The molecule has 0 atom stereocenters. The van der Waals surface area contributed by atoms with Crippen molar-refractivity contribution in [3.05, 3.63) is 62.6 Å². The van der Waals surface area contributed by atoms with E-state index in [-0.39, 0.29) is 5.88 Å². The Bertz CT molecular complexity index is 986. The first-order valence-corrected chi connectivity index (χ1v) is 8.86. The van der Waals surface area contributed by atoms with Crippen LogP contribution in [0.2, 0.25) is 0 Å². The number of aromatic amines is 1. The number of alkyl halides is 1. The third kappa shape index (κ3) is 3.54. The van der Waals surface area contributed by atoms with E-state index in [0.29, 0.717) is 36.0 Å². The van der Waals surface area contributed by atoms with Crippen molar-refractivity contribution in [1.29, 1.82) is 0 Å². The van der Waals surface area contributed by atoms with Crippen molar-refractivity contribution < 1.29 is 0 Å². The third-order valence-electron chi connectivity index (χ3n) is 4.20. The molecular formula is C18H21ClN4O2. The highest BCUT2D eigenvalue weighted by Crippen LogP contribution is 2.16. The van der Waals surface area contributed by atoms with Crippen LogP contribution in [-0.4, -0.2) is 19.1 Å². The topological polar surface area (TPSA) is 72.7 Å². The molecule has 0 radical (unpaired) electrons. The van der Waals surface area contributed by atoms with Gasteiger partial charge < -0.3 is 4.57 Å². The molecule has 0 spiro atoms. The van der Waals surface area contributed by atoms with E-state index in [2.05, 4.69) is 23.8 Å². The number of hydrogen-bond donors (Lipinski definition) is 1. The predicted octanol–water partition coefficient (Wildman–Crippen LogP) is 2.72. The molecule has 2 aromatic heterocycles. The molecule has 1 aromatic carbocycles. The first-order chi connectivity index (χ1) is 12.0. The van der Waals surface area contributed by atoms with Crippen molar-refractivity contribution in [3.8, 4) is 0 Å². The van der Waals surface area contributed by atoms with Gasteiger partial charge in [-0.3, -0.25) is 14.3 Å². The molecule has 0 unspecified atom stereocenters. The Morgan fingerprint density at radius 2 is 1.88 bits per heavy atom. The molecule has 0 aliphatic heterocycles. The van der Waals surface area contributed by atoms with E-state index >= 15 is 0 Å². The molecule has 0 amide bonds. The molecule has 6 nitrogen and oxygen atoms in total. The van der Waals surface area contributed by atoms with Crippen LogP contribution in [0, 0.1) is 5.92 Å². The molecule has 7 heteroatoms. The highest BCUT2D eigenvalue weighted by atomic mass is 35.5. The van der Waals surface area contributed by atoms with Crippen LogP contribution >= 0.6 is 11.6 Å². The van der Waals surface area contributed by atoms with Crippen LogP contribution in [0.3, 0.4) is 0 Å². The van der Waals surface area contributed by atoms with Gasteiger partial charge in [0.25, 0.3) is 5.56 Å². The molecule has 0 aliphatic carbocycles. The Kier molecular flexibility index (Phi) is 5.08. The van der Waals surface area contributed by atoms with Gasteiger partial charge in [-0.25, -0.2) is 9.78 Å². The van der Waals surface area contributed by atoms with Crippen LogP contribution in [0.5, 0.6) is 0 Å². The lowest BCUT2D eigenvalue weighted by molar-refractivity contribution is 0.515. The summed E-state index contributed by atoms with van der Waals surface area (Å²) in [5.41, 5.74) is 0.874. The zero-order valence-corrected chi connectivity index (χ0v) is 15.1. The Morgan fingerprint density at radius 1 is 1.16 bits per heavy atom. The molecule has 3 aromatic rings. The van der Waals surface area contributed by atoms with Gasteiger partial charge in [-0.05, 0) is 17.9 Å². The van der Waals surface area contributed by atoms with Gasteiger partial charge in [0.1, 0.15) is 5.82 Å². The number of benzene rings is 1. The SMILES string of the molecule is CC(C)CCn1c(CCl)nc2c1c(=O)[nH]c(=O)n2Cc1ccccc1. The number of aryl methyl sites for hydroxylation is 1. The van der Waals surface area contributed by atoms with Gasteiger partial charge in [0.05, 0.1) is 12.4 Å². The largest absolute Gasteiger partial charge is 0.330 e. The van der Waals surface area contributed by atoms with Gasteiger partial charge in [-0.15, -0.1) is 11.6 Å². The molecule has 0 fully saturated rings. The monoisotopic (exact) mass is 360 g/mol. The summed E-state index contributed by atoms with van der Waals surface area (Å²) < 4.78 is 3.33. The summed E-state index contributed by atoms with van der Waals surface area (Å²) >= 11 is 6.04. The lowest BCUT2D eigenvalue weighted by Gasteiger charge is -2.10. The number of rotatable bonds is 6. The van der Waals surface area contributed by atoms with Crippen LogP contribution in [0.1, 0.15) is 31.7 Å². The van der Waals surface area contributed by atoms with Crippen LogP contribution in [0.15, 0.2) is 39.9 Å². The van der Waals surface area contributed by atoms with E-state index in [1.807, 2.05) is 34.9 Å². The Balaban J connectivity index is 2.18. The molecule has 0 bridgehead atoms. The fourth-order valence-electron chi connectivity index (χ4n) is 2.86. The average molecular weight is 361 g/mol. The quantitative estimate of drug-likeness (QED) is 0.687. The van der Waals surface area contributed by atoms with Crippen LogP contribution < -0.4 is 11.2 Å². The number of halogens is 1. The Labute approximate surface area is 150 Å². The van der Waals surface area contributed by atoms with Crippen molar-refractivity contribution in [2.45, 2.75) is 39.2 Å². The molecule has 3 rings (SSSR count). The van der Waals surface area contributed by atoms with Gasteiger partial charge in [0.15, 0.2) is 11.2 Å². The zero-order chi connectivity index (χ0) is 18.0. The lowest BCUT2D eigenvalue weighted by atomic mass is 10.1. The maximum Gasteiger partial charge on any atom is 0.330 e. The van der Waals surface area contributed by atoms with E-state index < -0.39 is 11.2 Å². The van der Waals surface area contributed by atoms with Crippen molar-refractivity contribution in [2.75, 3.05) is 0 Å². The molecule has 132 valence electrons.